The average Bonchev–Trinajstić information content (AvgIpc) is 2.32. The average molecular weight is 270 g/mol. The molecule has 1 amide bonds. The van der Waals surface area contributed by atoms with E-state index in [2.05, 4.69) is 26.1 Å². The second-order valence-electron chi connectivity index (χ2n) is 5.46. The zero-order valence-corrected chi connectivity index (χ0v) is 12.6. The topological polar surface area (TPSA) is 29.1 Å². The second kappa shape index (κ2) is 6.42. The van der Waals surface area contributed by atoms with E-state index in [4.69, 9.17) is 11.6 Å². The molecule has 0 aliphatic heterocycles. The highest BCUT2D eigenvalue weighted by atomic mass is 35.5. The second-order valence-corrected chi connectivity index (χ2v) is 6.16. The van der Waals surface area contributed by atoms with Crippen LogP contribution in [-0.2, 0) is 4.79 Å². The van der Waals surface area contributed by atoms with Gasteiger partial charge in [0.05, 0.1) is 4.87 Å². The van der Waals surface area contributed by atoms with Crippen LogP contribution in [0.1, 0.15) is 47.0 Å². The molecule has 0 aromatic heterocycles. The Hall–Kier alpha value is -0.760. The minimum Gasteiger partial charge on any atom is -0.326 e. The number of allylic oxidation sites excluding steroid dienone is 3. The van der Waals surface area contributed by atoms with E-state index in [1.165, 1.54) is 0 Å². The number of nitrogens with one attached hydrogen (secondary N) is 1. The lowest BCUT2D eigenvalue weighted by atomic mass is 9.88. The monoisotopic (exact) mass is 269 g/mol. The van der Waals surface area contributed by atoms with Gasteiger partial charge in [0.1, 0.15) is 0 Å². The predicted molar refractivity (Wildman–Crippen MR) is 77.5 cm³/mol. The summed E-state index contributed by atoms with van der Waals surface area (Å²) in [6.45, 7) is 8.27. The van der Waals surface area contributed by atoms with Crippen molar-refractivity contribution >= 4 is 17.5 Å². The van der Waals surface area contributed by atoms with Gasteiger partial charge in [-0.15, -0.1) is 11.6 Å². The van der Waals surface area contributed by atoms with Crippen molar-refractivity contribution in [3.63, 3.8) is 0 Å². The molecule has 1 aliphatic rings. The molecule has 1 N–H and O–H groups in total. The van der Waals surface area contributed by atoms with Crippen molar-refractivity contribution in [3.8, 4) is 0 Å². The number of carbonyl (C=O) groups is 1. The van der Waals surface area contributed by atoms with E-state index in [0.29, 0.717) is 5.92 Å². The van der Waals surface area contributed by atoms with Crippen LogP contribution in [0.2, 0.25) is 0 Å². The largest absolute Gasteiger partial charge is 0.326 e. The van der Waals surface area contributed by atoms with Crippen LogP contribution in [0, 0.1) is 11.8 Å². The van der Waals surface area contributed by atoms with Gasteiger partial charge in [-0.3, -0.25) is 4.79 Å². The summed E-state index contributed by atoms with van der Waals surface area (Å²) >= 11 is 6.48. The Morgan fingerprint density at radius 2 is 2.17 bits per heavy atom. The van der Waals surface area contributed by atoms with Crippen molar-refractivity contribution < 1.29 is 4.79 Å². The van der Waals surface area contributed by atoms with Gasteiger partial charge in [0.2, 0.25) is 5.91 Å². The molecular formula is C15H24ClNO. The third kappa shape index (κ3) is 3.88. The molecule has 0 bridgehead atoms. The lowest BCUT2D eigenvalue weighted by molar-refractivity contribution is -0.123. The van der Waals surface area contributed by atoms with Gasteiger partial charge >= 0.3 is 0 Å². The van der Waals surface area contributed by atoms with Gasteiger partial charge in [0, 0.05) is 11.6 Å². The van der Waals surface area contributed by atoms with Crippen LogP contribution >= 0.6 is 11.6 Å². The highest BCUT2D eigenvalue weighted by molar-refractivity contribution is 6.25. The maximum atomic E-state index is 11.9. The van der Waals surface area contributed by atoms with Crippen molar-refractivity contribution in [2.45, 2.75) is 51.8 Å². The summed E-state index contributed by atoms with van der Waals surface area (Å²) in [5.74, 6) is 0.541. The first-order valence-corrected chi connectivity index (χ1v) is 7.16. The first-order valence-electron chi connectivity index (χ1n) is 6.78. The molecule has 0 aromatic carbocycles. The Kier molecular flexibility index (Phi) is 5.46. The van der Waals surface area contributed by atoms with Crippen molar-refractivity contribution in [2.24, 2.45) is 11.8 Å². The SMILES string of the molecule is CCCC(C)C(=O)NC1=CCC(Cl)(C(C)C)C=C1. The quantitative estimate of drug-likeness (QED) is 0.751. The summed E-state index contributed by atoms with van der Waals surface area (Å²) in [4.78, 5) is 11.6. The Balaban J connectivity index is 2.55. The van der Waals surface area contributed by atoms with Crippen LogP contribution in [0.3, 0.4) is 0 Å². The van der Waals surface area contributed by atoms with Crippen LogP contribution in [0.15, 0.2) is 23.9 Å². The summed E-state index contributed by atoms with van der Waals surface area (Å²) < 4.78 is 0. The highest BCUT2D eigenvalue weighted by Gasteiger charge is 2.29. The predicted octanol–water partition coefficient (Wildman–Crippen LogP) is 4.02. The van der Waals surface area contributed by atoms with E-state index in [-0.39, 0.29) is 16.7 Å². The molecular weight excluding hydrogens is 246 g/mol. The molecule has 3 heteroatoms. The van der Waals surface area contributed by atoms with Gasteiger partial charge in [-0.1, -0.05) is 46.3 Å². The molecule has 0 fully saturated rings. The number of amides is 1. The Morgan fingerprint density at radius 1 is 1.50 bits per heavy atom. The first-order chi connectivity index (χ1) is 8.39. The van der Waals surface area contributed by atoms with Gasteiger partial charge in [0.25, 0.3) is 0 Å². The van der Waals surface area contributed by atoms with Crippen LogP contribution in [0.4, 0.5) is 0 Å². The fraction of sp³-hybridized carbons (Fsp3) is 0.667. The highest BCUT2D eigenvalue weighted by Crippen LogP contribution is 2.34. The molecule has 18 heavy (non-hydrogen) atoms. The van der Waals surface area contributed by atoms with E-state index in [1.807, 2.05) is 25.2 Å². The molecule has 0 saturated heterocycles. The minimum absolute atomic E-state index is 0.0667. The van der Waals surface area contributed by atoms with Gasteiger partial charge in [0.15, 0.2) is 0 Å². The standard InChI is InChI=1S/C15H24ClNO/c1-5-6-12(4)14(18)17-13-7-9-15(16,10-8-13)11(2)3/h7-9,11-12H,5-6,10H2,1-4H3,(H,17,18). The van der Waals surface area contributed by atoms with Gasteiger partial charge < -0.3 is 5.32 Å². The molecule has 0 aromatic rings. The van der Waals surface area contributed by atoms with E-state index < -0.39 is 0 Å². The number of alkyl halides is 1. The molecule has 2 atom stereocenters. The van der Waals surface area contributed by atoms with Gasteiger partial charge in [-0.05, 0) is 24.8 Å². The molecule has 2 nitrogen and oxygen atoms in total. The van der Waals surface area contributed by atoms with Crippen molar-refractivity contribution in [3.05, 3.63) is 23.9 Å². The molecule has 0 saturated carbocycles. The third-order valence-electron chi connectivity index (χ3n) is 3.57. The van der Waals surface area contributed by atoms with Gasteiger partial charge in [-0.2, -0.15) is 0 Å². The number of hydrogen-bond acceptors (Lipinski definition) is 1. The zero-order chi connectivity index (χ0) is 13.8. The van der Waals surface area contributed by atoms with E-state index >= 15 is 0 Å². The molecule has 1 aliphatic carbocycles. The lowest BCUT2D eigenvalue weighted by Crippen LogP contribution is -2.32. The van der Waals surface area contributed by atoms with Crippen molar-refractivity contribution in [1.82, 2.24) is 5.32 Å². The summed E-state index contributed by atoms with van der Waals surface area (Å²) in [7, 11) is 0. The summed E-state index contributed by atoms with van der Waals surface area (Å²) in [6, 6.07) is 0. The lowest BCUT2D eigenvalue weighted by Gasteiger charge is -2.29. The van der Waals surface area contributed by atoms with E-state index in [0.717, 1.165) is 25.0 Å². The number of rotatable bonds is 5. The molecule has 0 spiro atoms. The smallest absolute Gasteiger partial charge is 0.227 e. The van der Waals surface area contributed by atoms with E-state index in [9.17, 15) is 4.79 Å². The van der Waals surface area contributed by atoms with E-state index in [1.54, 1.807) is 0 Å². The molecule has 0 heterocycles. The number of hydrogen-bond donors (Lipinski definition) is 1. The van der Waals surface area contributed by atoms with Crippen LogP contribution in [-0.4, -0.2) is 10.8 Å². The molecule has 2 unspecified atom stereocenters. The normalized spacial score (nSPS) is 24.9. The van der Waals surface area contributed by atoms with Crippen LogP contribution in [0.5, 0.6) is 0 Å². The Labute approximate surface area is 115 Å². The maximum Gasteiger partial charge on any atom is 0.227 e. The minimum atomic E-state index is -0.302. The fourth-order valence-corrected chi connectivity index (χ4v) is 2.12. The summed E-state index contributed by atoms with van der Waals surface area (Å²) in [6.07, 6.45) is 8.66. The molecule has 1 rings (SSSR count). The van der Waals surface area contributed by atoms with Gasteiger partial charge in [-0.25, -0.2) is 0 Å². The zero-order valence-electron chi connectivity index (χ0n) is 11.8. The number of carbonyl (C=O) groups excluding carboxylic acids is 1. The van der Waals surface area contributed by atoms with Crippen molar-refractivity contribution in [1.29, 1.82) is 0 Å². The Morgan fingerprint density at radius 3 is 2.61 bits per heavy atom. The molecule has 0 radical (unpaired) electrons. The molecule has 102 valence electrons. The number of halogens is 1. The maximum absolute atomic E-state index is 11.9. The summed E-state index contributed by atoms with van der Waals surface area (Å²) in [5, 5.41) is 2.96. The first kappa shape index (κ1) is 15.3. The van der Waals surface area contributed by atoms with Crippen molar-refractivity contribution in [2.75, 3.05) is 0 Å². The fourth-order valence-electron chi connectivity index (χ4n) is 1.98. The third-order valence-corrected chi connectivity index (χ3v) is 4.29. The Bertz CT molecular complexity index is 360. The summed E-state index contributed by atoms with van der Waals surface area (Å²) in [5.41, 5.74) is 0.875. The van der Waals surface area contributed by atoms with Crippen LogP contribution in [0.25, 0.3) is 0 Å². The van der Waals surface area contributed by atoms with Crippen LogP contribution < -0.4 is 5.32 Å².